The molecule has 0 fully saturated rings. The topological polar surface area (TPSA) is 71.4 Å². The highest BCUT2D eigenvalue weighted by Gasteiger charge is 2.10. The van der Waals surface area contributed by atoms with Gasteiger partial charge in [-0.1, -0.05) is 6.07 Å². The van der Waals surface area contributed by atoms with Gasteiger partial charge < -0.3 is 5.32 Å². The van der Waals surface area contributed by atoms with Gasteiger partial charge in [0.05, 0.1) is 11.9 Å². The van der Waals surface area contributed by atoms with Crippen LogP contribution in [0.3, 0.4) is 0 Å². The molecule has 1 heterocycles. The third kappa shape index (κ3) is 3.01. The Morgan fingerprint density at radius 3 is 2.63 bits per heavy atom. The number of rotatable bonds is 3. The van der Waals surface area contributed by atoms with Gasteiger partial charge in [-0.15, -0.1) is 4.91 Å². The van der Waals surface area contributed by atoms with Crippen molar-refractivity contribution in [3.8, 4) is 0 Å². The molecule has 5 nitrogen and oxygen atoms in total. The predicted octanol–water partition coefficient (Wildman–Crippen LogP) is 3.35. The number of pyridine rings is 1. The number of nitrogens with zero attached hydrogens (tertiary/aromatic N) is 2. The molecule has 1 amide bonds. The smallest absolute Gasteiger partial charge is 0.256 e. The van der Waals surface area contributed by atoms with Crippen LogP contribution < -0.4 is 5.32 Å². The summed E-state index contributed by atoms with van der Waals surface area (Å²) in [6.45, 7) is 3.67. The van der Waals surface area contributed by atoms with Crippen LogP contribution in [-0.2, 0) is 0 Å². The number of nitrogens with one attached hydrogen (secondary N) is 1. The number of carbonyl (C=O) groups is 1. The highest BCUT2D eigenvalue weighted by molar-refractivity contribution is 6.05. The zero-order chi connectivity index (χ0) is 13.8. The number of anilines is 1. The lowest BCUT2D eigenvalue weighted by molar-refractivity contribution is 0.102. The summed E-state index contributed by atoms with van der Waals surface area (Å²) in [6, 6.07) is 8.33. The summed E-state index contributed by atoms with van der Waals surface area (Å²) in [6.07, 6.45) is 1.59. The van der Waals surface area contributed by atoms with Crippen LogP contribution in [0.25, 0.3) is 0 Å². The van der Waals surface area contributed by atoms with Gasteiger partial charge in [-0.2, -0.15) is 0 Å². The number of carbonyl (C=O) groups excluding carboxylic acids is 1. The minimum absolute atomic E-state index is 0.234. The monoisotopic (exact) mass is 255 g/mol. The fourth-order valence-corrected chi connectivity index (χ4v) is 1.65. The first-order valence-electron chi connectivity index (χ1n) is 5.78. The van der Waals surface area contributed by atoms with Crippen molar-refractivity contribution in [3.05, 3.63) is 58.3 Å². The summed E-state index contributed by atoms with van der Waals surface area (Å²) in [5, 5.41) is 5.56. The zero-order valence-corrected chi connectivity index (χ0v) is 10.7. The van der Waals surface area contributed by atoms with Gasteiger partial charge in [0.2, 0.25) is 0 Å². The maximum atomic E-state index is 12.1. The van der Waals surface area contributed by atoms with Crippen molar-refractivity contribution in [3.63, 3.8) is 0 Å². The fraction of sp³-hybridized carbons (Fsp3) is 0.143. The average Bonchev–Trinajstić information content (AvgIpc) is 2.42. The highest BCUT2D eigenvalue weighted by Crippen LogP contribution is 2.19. The van der Waals surface area contributed by atoms with E-state index in [4.69, 9.17) is 0 Å². The predicted molar refractivity (Wildman–Crippen MR) is 73.6 cm³/mol. The Hall–Kier alpha value is -2.56. The zero-order valence-electron chi connectivity index (χ0n) is 10.7. The molecule has 5 heteroatoms. The minimum atomic E-state index is -0.284. The first-order chi connectivity index (χ1) is 9.10. The molecule has 1 aromatic heterocycles. The first kappa shape index (κ1) is 12.9. The summed E-state index contributed by atoms with van der Waals surface area (Å²) in [7, 11) is 0. The van der Waals surface area contributed by atoms with Gasteiger partial charge in [0.1, 0.15) is 5.69 Å². The Morgan fingerprint density at radius 2 is 2.00 bits per heavy atom. The Bertz CT molecular complexity index is 621. The molecule has 0 atom stereocenters. The second-order valence-electron chi connectivity index (χ2n) is 4.23. The molecule has 0 saturated heterocycles. The van der Waals surface area contributed by atoms with E-state index in [1.165, 1.54) is 6.07 Å². The molecule has 0 unspecified atom stereocenters. The number of hydrogen-bond acceptors (Lipinski definition) is 4. The Labute approximate surface area is 110 Å². The molecule has 96 valence electrons. The van der Waals surface area contributed by atoms with Crippen molar-refractivity contribution < 1.29 is 4.79 Å². The third-order valence-corrected chi connectivity index (χ3v) is 2.74. The second kappa shape index (κ2) is 5.39. The molecule has 1 aromatic carbocycles. The van der Waals surface area contributed by atoms with Crippen molar-refractivity contribution in [2.45, 2.75) is 13.8 Å². The van der Waals surface area contributed by atoms with Gasteiger partial charge in [0.25, 0.3) is 5.91 Å². The molecule has 2 aromatic rings. The van der Waals surface area contributed by atoms with Crippen molar-refractivity contribution in [2.24, 2.45) is 5.18 Å². The molecule has 0 spiro atoms. The molecule has 0 aliphatic carbocycles. The van der Waals surface area contributed by atoms with Crippen LogP contribution >= 0.6 is 0 Å². The summed E-state index contributed by atoms with van der Waals surface area (Å²) in [5.41, 5.74) is 2.93. The molecule has 0 aliphatic heterocycles. The number of nitroso groups, excluding NO2 is 1. The van der Waals surface area contributed by atoms with E-state index in [2.05, 4.69) is 15.5 Å². The van der Waals surface area contributed by atoms with E-state index in [0.717, 1.165) is 11.3 Å². The molecular weight excluding hydrogens is 242 g/mol. The lowest BCUT2D eigenvalue weighted by atomic mass is 10.1. The molecule has 0 bridgehead atoms. The molecule has 0 aliphatic rings. The molecule has 0 radical (unpaired) electrons. The van der Waals surface area contributed by atoms with Gasteiger partial charge >= 0.3 is 0 Å². The Balaban J connectivity index is 2.24. The van der Waals surface area contributed by atoms with E-state index in [-0.39, 0.29) is 11.6 Å². The maximum Gasteiger partial charge on any atom is 0.256 e. The van der Waals surface area contributed by atoms with Crippen LogP contribution in [0.2, 0.25) is 0 Å². The number of aromatic nitrogens is 1. The number of hydrogen-bond donors (Lipinski definition) is 1. The van der Waals surface area contributed by atoms with Crippen molar-refractivity contribution in [2.75, 3.05) is 5.32 Å². The Morgan fingerprint density at radius 1 is 1.21 bits per heavy atom. The van der Waals surface area contributed by atoms with E-state index in [9.17, 15) is 9.70 Å². The van der Waals surface area contributed by atoms with Crippen molar-refractivity contribution in [1.29, 1.82) is 0 Å². The highest BCUT2D eigenvalue weighted by atomic mass is 16.3. The number of amides is 1. The molecule has 1 N–H and O–H groups in total. The van der Waals surface area contributed by atoms with Crippen molar-refractivity contribution >= 4 is 17.3 Å². The van der Waals surface area contributed by atoms with Crippen LogP contribution in [0.15, 0.2) is 41.7 Å². The van der Waals surface area contributed by atoms with E-state index in [1.807, 2.05) is 13.0 Å². The van der Waals surface area contributed by atoms with Crippen LogP contribution in [-0.4, -0.2) is 10.9 Å². The van der Waals surface area contributed by atoms with E-state index < -0.39 is 0 Å². The molecule has 0 saturated carbocycles. The summed E-state index contributed by atoms with van der Waals surface area (Å²) in [4.78, 5) is 26.7. The lowest BCUT2D eigenvalue weighted by Crippen LogP contribution is -2.13. The van der Waals surface area contributed by atoms with Crippen LogP contribution in [0.1, 0.15) is 21.6 Å². The fourth-order valence-electron chi connectivity index (χ4n) is 1.65. The van der Waals surface area contributed by atoms with Gasteiger partial charge in [0.15, 0.2) is 0 Å². The normalized spacial score (nSPS) is 10.0. The second-order valence-corrected chi connectivity index (χ2v) is 4.23. The Kier molecular flexibility index (Phi) is 3.66. The van der Waals surface area contributed by atoms with Gasteiger partial charge in [0, 0.05) is 11.3 Å². The van der Waals surface area contributed by atoms with Gasteiger partial charge in [-0.3, -0.25) is 9.78 Å². The lowest BCUT2D eigenvalue weighted by Gasteiger charge is -2.07. The summed E-state index contributed by atoms with van der Waals surface area (Å²) in [5.74, 6) is -0.284. The maximum absolute atomic E-state index is 12.1. The van der Waals surface area contributed by atoms with Crippen LogP contribution in [0.5, 0.6) is 0 Å². The quantitative estimate of drug-likeness (QED) is 0.855. The van der Waals surface area contributed by atoms with Crippen molar-refractivity contribution in [1.82, 2.24) is 4.98 Å². The van der Waals surface area contributed by atoms with Gasteiger partial charge in [-0.25, -0.2) is 0 Å². The van der Waals surface area contributed by atoms with Gasteiger partial charge in [-0.05, 0) is 48.9 Å². The summed E-state index contributed by atoms with van der Waals surface area (Å²) >= 11 is 0. The SMILES string of the molecule is Cc1ccc(NC(=O)c2cc(N=O)ccc2C)cn1. The minimum Gasteiger partial charge on any atom is -0.321 e. The first-order valence-corrected chi connectivity index (χ1v) is 5.78. The van der Waals surface area contributed by atoms with E-state index in [0.29, 0.717) is 11.3 Å². The standard InChI is InChI=1S/C14H13N3O2/c1-9-3-5-11(17-19)7-13(9)14(18)16-12-6-4-10(2)15-8-12/h3-8H,1-2H3,(H,16,18). The van der Waals surface area contributed by atoms with Crippen LogP contribution in [0.4, 0.5) is 11.4 Å². The molecular formula is C14H13N3O2. The van der Waals surface area contributed by atoms with E-state index >= 15 is 0 Å². The molecule has 2 rings (SSSR count). The van der Waals surface area contributed by atoms with Crippen LogP contribution in [0, 0.1) is 18.8 Å². The number of aryl methyl sites for hydroxylation is 2. The largest absolute Gasteiger partial charge is 0.321 e. The summed E-state index contributed by atoms with van der Waals surface area (Å²) < 4.78 is 0. The average molecular weight is 255 g/mol. The molecule has 19 heavy (non-hydrogen) atoms. The number of benzene rings is 1. The third-order valence-electron chi connectivity index (χ3n) is 2.74. The van der Waals surface area contributed by atoms with E-state index in [1.54, 1.807) is 31.3 Å².